The van der Waals surface area contributed by atoms with Crippen molar-refractivity contribution in [2.24, 2.45) is 0 Å². The lowest BCUT2D eigenvalue weighted by Crippen LogP contribution is -2.60. The smallest absolute Gasteiger partial charge is 0.188 e. The zero-order valence-corrected chi connectivity index (χ0v) is 21.9. The second-order valence-corrected chi connectivity index (χ2v) is 11.7. The summed E-state index contributed by atoms with van der Waals surface area (Å²) in [4.78, 5) is 19.9. The Hall–Kier alpha value is -2.45. The fourth-order valence-electron chi connectivity index (χ4n) is 5.87. The van der Waals surface area contributed by atoms with Crippen molar-refractivity contribution in [3.8, 4) is 11.3 Å². The van der Waals surface area contributed by atoms with Crippen LogP contribution < -0.4 is 4.90 Å². The third-order valence-electron chi connectivity index (χ3n) is 8.18. The fourth-order valence-corrected chi connectivity index (χ4v) is 6.97. The number of nitrogens with one attached hydrogen (secondary N) is 1. The van der Waals surface area contributed by atoms with E-state index in [4.69, 9.17) is 4.98 Å². The molecule has 0 amide bonds. The van der Waals surface area contributed by atoms with Crippen LogP contribution in [0.4, 0.5) is 5.13 Å². The Bertz CT molecular complexity index is 1360. The highest BCUT2D eigenvalue weighted by molar-refractivity contribution is 7.21. The molecule has 1 aliphatic carbocycles. The normalized spacial score (nSPS) is 22.4. The SMILES string of the molecule is Cc1c(-c2[nH]c3sc(N4C[C@@H](C)N(C5CCC5)C[C@@H]4C)nc3c2C(C)C)cn2ncnc2c1C. The molecule has 1 aliphatic heterocycles. The highest BCUT2D eigenvalue weighted by Crippen LogP contribution is 2.42. The van der Waals surface area contributed by atoms with E-state index in [0.717, 1.165) is 35.4 Å². The monoisotopic (exact) mass is 477 g/mol. The van der Waals surface area contributed by atoms with E-state index in [1.807, 2.05) is 15.9 Å². The lowest BCUT2D eigenvalue weighted by atomic mass is 9.89. The van der Waals surface area contributed by atoms with Crippen LogP contribution in [-0.2, 0) is 0 Å². The van der Waals surface area contributed by atoms with Crippen molar-refractivity contribution in [2.75, 3.05) is 18.0 Å². The molecule has 2 fully saturated rings. The molecule has 5 heterocycles. The van der Waals surface area contributed by atoms with E-state index in [0.29, 0.717) is 18.0 Å². The van der Waals surface area contributed by atoms with Gasteiger partial charge in [0.15, 0.2) is 10.8 Å². The molecular formula is C26H35N7S. The van der Waals surface area contributed by atoms with Crippen LogP contribution in [0.15, 0.2) is 12.5 Å². The zero-order valence-electron chi connectivity index (χ0n) is 21.1. The Morgan fingerprint density at radius 1 is 1.09 bits per heavy atom. The topological polar surface area (TPSA) is 65.4 Å². The minimum absolute atomic E-state index is 0.358. The lowest BCUT2D eigenvalue weighted by molar-refractivity contribution is 0.0643. The molecule has 180 valence electrons. The van der Waals surface area contributed by atoms with E-state index in [2.05, 4.69) is 72.6 Å². The predicted molar refractivity (Wildman–Crippen MR) is 140 cm³/mol. The summed E-state index contributed by atoms with van der Waals surface area (Å²) in [5.74, 6) is 0.358. The molecule has 1 saturated heterocycles. The quantitative estimate of drug-likeness (QED) is 0.419. The molecule has 7 nitrogen and oxygen atoms in total. The molecule has 4 aromatic rings. The third-order valence-corrected chi connectivity index (χ3v) is 9.18. The Morgan fingerprint density at radius 3 is 2.59 bits per heavy atom. The van der Waals surface area contributed by atoms with E-state index in [9.17, 15) is 0 Å². The number of aryl methyl sites for hydroxylation is 1. The van der Waals surface area contributed by atoms with Gasteiger partial charge in [0.05, 0.1) is 5.69 Å². The molecule has 2 aliphatic rings. The highest BCUT2D eigenvalue weighted by Gasteiger charge is 2.37. The standard InChI is InChI=1S/C26H35N7S/c1-14(2)21-22(20-12-33-24(27-13-28-33)18(6)17(20)5)29-25-23(21)30-26(34-25)32-11-15(3)31(10-16(32)4)19-8-7-9-19/h12-16,19,29H,7-11H2,1-6H3/t15-,16+/m1/s1. The summed E-state index contributed by atoms with van der Waals surface area (Å²) in [6.45, 7) is 15.8. The van der Waals surface area contributed by atoms with Gasteiger partial charge < -0.3 is 9.88 Å². The number of hydrogen-bond acceptors (Lipinski definition) is 6. The van der Waals surface area contributed by atoms with Gasteiger partial charge in [-0.1, -0.05) is 31.6 Å². The van der Waals surface area contributed by atoms with Gasteiger partial charge in [0.1, 0.15) is 16.7 Å². The van der Waals surface area contributed by atoms with Crippen molar-refractivity contribution < 1.29 is 0 Å². The van der Waals surface area contributed by atoms with Crippen molar-refractivity contribution in [2.45, 2.75) is 84.8 Å². The van der Waals surface area contributed by atoms with Crippen molar-refractivity contribution in [3.05, 3.63) is 29.2 Å². The molecule has 8 heteroatoms. The Morgan fingerprint density at radius 2 is 1.88 bits per heavy atom. The maximum absolute atomic E-state index is 5.26. The first-order valence-electron chi connectivity index (χ1n) is 12.7. The van der Waals surface area contributed by atoms with Gasteiger partial charge in [-0.3, -0.25) is 4.90 Å². The van der Waals surface area contributed by atoms with E-state index in [1.165, 1.54) is 52.0 Å². The van der Waals surface area contributed by atoms with Gasteiger partial charge in [0, 0.05) is 48.5 Å². The maximum atomic E-state index is 5.26. The summed E-state index contributed by atoms with van der Waals surface area (Å²) < 4.78 is 1.89. The van der Waals surface area contributed by atoms with Gasteiger partial charge in [-0.2, -0.15) is 5.10 Å². The molecule has 0 unspecified atom stereocenters. The third kappa shape index (κ3) is 3.29. The van der Waals surface area contributed by atoms with Gasteiger partial charge in [-0.15, -0.1) is 0 Å². The number of rotatable bonds is 4. The molecule has 34 heavy (non-hydrogen) atoms. The van der Waals surface area contributed by atoms with Crippen molar-refractivity contribution >= 4 is 32.5 Å². The molecule has 0 spiro atoms. The number of aromatic nitrogens is 5. The van der Waals surface area contributed by atoms with Crippen molar-refractivity contribution in [1.82, 2.24) is 29.5 Å². The summed E-state index contributed by atoms with van der Waals surface area (Å²) in [7, 11) is 0. The van der Waals surface area contributed by atoms with Gasteiger partial charge >= 0.3 is 0 Å². The van der Waals surface area contributed by atoms with Crippen LogP contribution >= 0.6 is 11.3 Å². The summed E-state index contributed by atoms with van der Waals surface area (Å²) in [5.41, 5.74) is 8.11. The number of hydrogen-bond donors (Lipinski definition) is 1. The molecule has 0 aromatic carbocycles. The first kappa shape index (κ1) is 22.0. The van der Waals surface area contributed by atoms with Crippen LogP contribution in [-0.4, -0.2) is 60.7 Å². The number of nitrogens with zero attached hydrogens (tertiary/aromatic N) is 6. The fraction of sp³-hybridized carbons (Fsp3) is 0.577. The molecule has 0 radical (unpaired) electrons. The van der Waals surface area contributed by atoms with E-state index < -0.39 is 0 Å². The molecule has 6 rings (SSSR count). The summed E-state index contributed by atoms with van der Waals surface area (Å²) in [6, 6.07) is 1.85. The zero-order chi connectivity index (χ0) is 23.7. The molecule has 0 bridgehead atoms. The number of thiazole rings is 1. The summed E-state index contributed by atoms with van der Waals surface area (Å²) >= 11 is 1.81. The number of fused-ring (bicyclic) bond motifs is 2. The van der Waals surface area contributed by atoms with Crippen LogP contribution in [0.5, 0.6) is 0 Å². The van der Waals surface area contributed by atoms with Gasteiger partial charge in [0.25, 0.3) is 0 Å². The Balaban J connectivity index is 1.39. The average Bonchev–Trinajstić information content (AvgIpc) is 3.45. The largest absolute Gasteiger partial charge is 0.344 e. The van der Waals surface area contributed by atoms with Crippen LogP contribution in [0, 0.1) is 13.8 Å². The molecule has 1 saturated carbocycles. The van der Waals surface area contributed by atoms with E-state index >= 15 is 0 Å². The van der Waals surface area contributed by atoms with Crippen molar-refractivity contribution in [3.63, 3.8) is 0 Å². The number of pyridine rings is 1. The van der Waals surface area contributed by atoms with Gasteiger partial charge in [0.2, 0.25) is 0 Å². The first-order chi connectivity index (χ1) is 16.3. The van der Waals surface area contributed by atoms with Crippen LogP contribution in [0.2, 0.25) is 0 Å². The number of piperazine rings is 1. The van der Waals surface area contributed by atoms with Crippen LogP contribution in [0.1, 0.15) is 69.6 Å². The summed E-state index contributed by atoms with van der Waals surface area (Å²) in [5, 5.41) is 5.56. The average molecular weight is 478 g/mol. The molecule has 2 atom stereocenters. The van der Waals surface area contributed by atoms with Crippen LogP contribution in [0.25, 0.3) is 27.3 Å². The highest BCUT2D eigenvalue weighted by atomic mass is 32.1. The Labute approximate surface area is 205 Å². The molecule has 4 aromatic heterocycles. The maximum Gasteiger partial charge on any atom is 0.188 e. The van der Waals surface area contributed by atoms with E-state index in [1.54, 1.807) is 6.33 Å². The van der Waals surface area contributed by atoms with Gasteiger partial charge in [-0.25, -0.2) is 14.5 Å². The predicted octanol–water partition coefficient (Wildman–Crippen LogP) is 5.53. The second-order valence-electron chi connectivity index (χ2n) is 10.7. The molecule has 1 N–H and O–H groups in total. The number of aromatic amines is 1. The second kappa shape index (κ2) is 8.05. The summed E-state index contributed by atoms with van der Waals surface area (Å²) in [6.07, 6.45) is 7.87. The van der Waals surface area contributed by atoms with Crippen LogP contribution in [0.3, 0.4) is 0 Å². The minimum atomic E-state index is 0.358. The Kier molecular flexibility index (Phi) is 5.22. The lowest BCUT2D eigenvalue weighted by Gasteiger charge is -2.49. The van der Waals surface area contributed by atoms with Crippen molar-refractivity contribution in [1.29, 1.82) is 0 Å². The first-order valence-corrected chi connectivity index (χ1v) is 13.5. The molecular weight excluding hydrogens is 442 g/mol. The van der Waals surface area contributed by atoms with E-state index in [-0.39, 0.29) is 0 Å². The number of anilines is 1. The van der Waals surface area contributed by atoms with Gasteiger partial charge in [-0.05, 0) is 57.6 Å². The minimum Gasteiger partial charge on any atom is -0.344 e. The number of H-pyrrole nitrogens is 1.